The van der Waals surface area contributed by atoms with Crippen molar-refractivity contribution in [2.45, 2.75) is 6.04 Å². The Morgan fingerprint density at radius 1 is 1.58 bits per heavy atom. The van der Waals surface area contributed by atoms with Gasteiger partial charge in [-0.3, -0.25) is 4.79 Å². The summed E-state index contributed by atoms with van der Waals surface area (Å²) in [4.78, 5) is 11.4. The zero-order chi connectivity index (χ0) is 13.7. The molecule has 0 aliphatic carbocycles. The number of amides is 1. The molecule has 0 aromatic heterocycles. The first-order valence-electron chi connectivity index (χ1n) is 6.11. The molecule has 6 nitrogen and oxygen atoms in total. The molecule has 1 aromatic rings. The molecule has 1 amide bonds. The third-order valence-electron chi connectivity index (χ3n) is 2.80. The number of nitrogens with two attached hydrogens (primary N) is 1. The van der Waals surface area contributed by atoms with Crippen molar-refractivity contribution in [3.63, 3.8) is 0 Å². The summed E-state index contributed by atoms with van der Waals surface area (Å²) in [5, 5.41) is 2.67. The fourth-order valence-corrected chi connectivity index (χ4v) is 1.80. The second-order valence-corrected chi connectivity index (χ2v) is 4.25. The van der Waals surface area contributed by atoms with E-state index in [1.54, 1.807) is 19.2 Å². The van der Waals surface area contributed by atoms with Crippen molar-refractivity contribution in [2.75, 3.05) is 33.5 Å². The highest BCUT2D eigenvalue weighted by atomic mass is 16.5. The van der Waals surface area contributed by atoms with Crippen LogP contribution in [-0.4, -0.2) is 39.4 Å². The number of ether oxygens (including phenoxy) is 3. The summed E-state index contributed by atoms with van der Waals surface area (Å²) in [6.07, 6.45) is 0. The lowest BCUT2D eigenvalue weighted by atomic mass is 10.1. The molecule has 0 radical (unpaired) electrons. The van der Waals surface area contributed by atoms with Crippen molar-refractivity contribution in [1.29, 1.82) is 0 Å². The van der Waals surface area contributed by atoms with E-state index in [-0.39, 0.29) is 18.6 Å². The van der Waals surface area contributed by atoms with E-state index in [1.807, 2.05) is 6.07 Å². The number of rotatable bonds is 6. The van der Waals surface area contributed by atoms with Gasteiger partial charge in [0.2, 0.25) is 0 Å². The molecule has 1 aliphatic heterocycles. The summed E-state index contributed by atoms with van der Waals surface area (Å²) in [5.74, 6) is 1.13. The Hall–Kier alpha value is -1.79. The van der Waals surface area contributed by atoms with Crippen LogP contribution in [0.25, 0.3) is 0 Å². The van der Waals surface area contributed by atoms with Gasteiger partial charge in [0, 0.05) is 25.3 Å². The fourth-order valence-electron chi connectivity index (χ4n) is 1.80. The maximum atomic E-state index is 11.4. The van der Waals surface area contributed by atoms with Crippen LogP contribution in [0.5, 0.6) is 11.5 Å². The maximum absolute atomic E-state index is 11.4. The number of nitrogens with one attached hydrogen (secondary N) is 1. The summed E-state index contributed by atoms with van der Waals surface area (Å²) in [6.45, 7) is 1.40. The molecule has 104 valence electrons. The first kappa shape index (κ1) is 13.6. The minimum atomic E-state index is -0.185. The van der Waals surface area contributed by atoms with E-state index in [2.05, 4.69) is 5.32 Å². The summed E-state index contributed by atoms with van der Waals surface area (Å²) in [6, 6.07) is 5.33. The van der Waals surface area contributed by atoms with Crippen molar-refractivity contribution in [3.8, 4) is 11.5 Å². The number of methoxy groups -OCH3 is 1. The predicted octanol–water partition coefficient (Wildman–Crippen LogP) is 0.220. The first-order valence-corrected chi connectivity index (χ1v) is 6.11. The molecule has 6 heteroatoms. The Kier molecular flexibility index (Phi) is 4.59. The van der Waals surface area contributed by atoms with E-state index < -0.39 is 0 Å². The van der Waals surface area contributed by atoms with E-state index in [9.17, 15) is 4.79 Å². The lowest BCUT2D eigenvalue weighted by Crippen LogP contribution is -2.31. The molecule has 2 rings (SSSR count). The molecule has 3 N–H and O–H groups in total. The van der Waals surface area contributed by atoms with Gasteiger partial charge in [-0.15, -0.1) is 0 Å². The largest absolute Gasteiger partial charge is 0.491 e. The number of carbonyl (C=O) groups is 1. The van der Waals surface area contributed by atoms with Crippen LogP contribution >= 0.6 is 0 Å². The number of fused-ring (bicyclic) bond motifs is 1. The molecule has 0 spiro atoms. The minimum Gasteiger partial charge on any atom is -0.491 e. The van der Waals surface area contributed by atoms with Crippen LogP contribution in [-0.2, 0) is 9.53 Å². The fraction of sp³-hybridized carbons (Fsp3) is 0.462. The number of hydrogen-bond donors (Lipinski definition) is 2. The third-order valence-corrected chi connectivity index (χ3v) is 2.80. The van der Waals surface area contributed by atoms with Gasteiger partial charge in [-0.2, -0.15) is 0 Å². The van der Waals surface area contributed by atoms with E-state index in [4.69, 9.17) is 19.9 Å². The van der Waals surface area contributed by atoms with E-state index in [0.717, 1.165) is 11.3 Å². The Morgan fingerprint density at radius 3 is 3.21 bits per heavy atom. The molecular formula is C13H18N2O4. The quantitative estimate of drug-likeness (QED) is 0.720. The molecule has 19 heavy (non-hydrogen) atoms. The number of carbonyl (C=O) groups excluding carboxylic acids is 1. The summed E-state index contributed by atoms with van der Waals surface area (Å²) < 4.78 is 15.6. The molecule has 0 bridgehead atoms. The van der Waals surface area contributed by atoms with Gasteiger partial charge in [0.1, 0.15) is 18.1 Å². The average molecular weight is 266 g/mol. The van der Waals surface area contributed by atoms with Crippen LogP contribution < -0.4 is 20.5 Å². The van der Waals surface area contributed by atoms with Crippen molar-refractivity contribution >= 4 is 5.91 Å². The zero-order valence-corrected chi connectivity index (χ0v) is 10.8. The Labute approximate surface area is 111 Å². The minimum absolute atomic E-state index is 0.0332. The summed E-state index contributed by atoms with van der Waals surface area (Å²) >= 11 is 0. The summed E-state index contributed by atoms with van der Waals surface area (Å²) in [5.41, 5.74) is 6.81. The Morgan fingerprint density at radius 2 is 2.42 bits per heavy atom. The number of benzene rings is 1. The molecule has 0 saturated heterocycles. The van der Waals surface area contributed by atoms with Gasteiger partial charge in [-0.25, -0.2) is 0 Å². The standard InChI is InChI=1S/C13H18N2O4/c1-17-5-4-15-13(16)8-18-9-2-3-10-11(14)7-19-12(10)6-9/h2-3,6,11H,4-5,7-8,14H2,1H3,(H,15,16). The SMILES string of the molecule is COCCNC(=O)COc1ccc2c(c1)OCC2N. The maximum Gasteiger partial charge on any atom is 0.258 e. The highest BCUT2D eigenvalue weighted by Gasteiger charge is 2.20. The second-order valence-electron chi connectivity index (χ2n) is 4.25. The highest BCUT2D eigenvalue weighted by molar-refractivity contribution is 5.77. The van der Waals surface area contributed by atoms with E-state index in [0.29, 0.717) is 25.5 Å². The Bertz CT molecular complexity index is 450. The summed E-state index contributed by atoms with van der Waals surface area (Å²) in [7, 11) is 1.58. The zero-order valence-electron chi connectivity index (χ0n) is 10.8. The van der Waals surface area contributed by atoms with Gasteiger partial charge in [-0.1, -0.05) is 0 Å². The van der Waals surface area contributed by atoms with Gasteiger partial charge in [0.25, 0.3) is 5.91 Å². The van der Waals surface area contributed by atoms with Crippen molar-refractivity contribution in [3.05, 3.63) is 23.8 Å². The lowest BCUT2D eigenvalue weighted by Gasteiger charge is -2.08. The van der Waals surface area contributed by atoms with Crippen LogP contribution in [0.1, 0.15) is 11.6 Å². The monoisotopic (exact) mass is 266 g/mol. The van der Waals surface area contributed by atoms with E-state index >= 15 is 0 Å². The van der Waals surface area contributed by atoms with Crippen LogP contribution in [0.4, 0.5) is 0 Å². The van der Waals surface area contributed by atoms with Gasteiger partial charge >= 0.3 is 0 Å². The van der Waals surface area contributed by atoms with Crippen LogP contribution in [0.3, 0.4) is 0 Å². The van der Waals surface area contributed by atoms with Gasteiger partial charge in [-0.05, 0) is 12.1 Å². The highest BCUT2D eigenvalue weighted by Crippen LogP contribution is 2.33. The van der Waals surface area contributed by atoms with Crippen LogP contribution in [0.2, 0.25) is 0 Å². The Balaban J connectivity index is 1.82. The molecular weight excluding hydrogens is 248 g/mol. The van der Waals surface area contributed by atoms with Crippen molar-refractivity contribution in [1.82, 2.24) is 5.32 Å². The molecule has 0 saturated carbocycles. The normalized spacial score (nSPS) is 16.6. The van der Waals surface area contributed by atoms with E-state index in [1.165, 1.54) is 0 Å². The predicted molar refractivity (Wildman–Crippen MR) is 69.2 cm³/mol. The second kappa shape index (κ2) is 6.40. The average Bonchev–Trinajstić information content (AvgIpc) is 2.78. The molecule has 1 heterocycles. The van der Waals surface area contributed by atoms with Gasteiger partial charge in [0.05, 0.1) is 12.6 Å². The number of hydrogen-bond acceptors (Lipinski definition) is 5. The topological polar surface area (TPSA) is 82.8 Å². The lowest BCUT2D eigenvalue weighted by molar-refractivity contribution is -0.123. The van der Waals surface area contributed by atoms with Gasteiger partial charge in [0.15, 0.2) is 6.61 Å². The third kappa shape index (κ3) is 3.59. The van der Waals surface area contributed by atoms with Crippen molar-refractivity contribution in [2.24, 2.45) is 5.73 Å². The molecule has 1 atom stereocenters. The van der Waals surface area contributed by atoms with Gasteiger partial charge < -0.3 is 25.3 Å². The first-order chi connectivity index (χ1) is 9.20. The molecule has 1 aromatic carbocycles. The van der Waals surface area contributed by atoms with Crippen LogP contribution in [0.15, 0.2) is 18.2 Å². The molecule has 1 unspecified atom stereocenters. The molecule has 0 fully saturated rings. The van der Waals surface area contributed by atoms with Crippen LogP contribution in [0, 0.1) is 0 Å². The molecule has 1 aliphatic rings. The van der Waals surface area contributed by atoms with Crippen molar-refractivity contribution < 1.29 is 19.0 Å². The smallest absolute Gasteiger partial charge is 0.258 e.